The Bertz CT molecular complexity index is 170. The summed E-state index contributed by atoms with van der Waals surface area (Å²) in [5.74, 6) is 0.406. The predicted molar refractivity (Wildman–Crippen MR) is 46.7 cm³/mol. The van der Waals surface area contributed by atoms with Gasteiger partial charge in [-0.15, -0.1) is 0 Å². The molecule has 0 bridgehead atoms. The van der Waals surface area contributed by atoms with Crippen LogP contribution in [0, 0.1) is 5.92 Å². The van der Waals surface area contributed by atoms with Crippen LogP contribution in [-0.4, -0.2) is 35.1 Å². The average Bonchev–Trinajstić information content (AvgIpc) is 2.05. The third-order valence-electron chi connectivity index (χ3n) is 2.66. The van der Waals surface area contributed by atoms with E-state index in [-0.39, 0.29) is 17.9 Å². The Labute approximate surface area is 73.4 Å². The normalized spacial score (nSPS) is 30.4. The van der Waals surface area contributed by atoms with Gasteiger partial charge in [-0.3, -0.25) is 4.79 Å². The van der Waals surface area contributed by atoms with Gasteiger partial charge >= 0.3 is 0 Å². The lowest BCUT2D eigenvalue weighted by molar-refractivity contribution is -0.132. The summed E-state index contributed by atoms with van der Waals surface area (Å²) >= 11 is 0. The quantitative estimate of drug-likeness (QED) is 0.628. The number of carbonyl (C=O) groups is 1. The zero-order chi connectivity index (χ0) is 9.14. The molecule has 1 heterocycles. The van der Waals surface area contributed by atoms with E-state index in [4.69, 9.17) is 0 Å². The molecule has 1 aliphatic heterocycles. The van der Waals surface area contributed by atoms with Crippen LogP contribution in [0.1, 0.15) is 26.7 Å². The molecule has 0 saturated carbocycles. The lowest BCUT2D eigenvalue weighted by Crippen LogP contribution is -2.44. The zero-order valence-electron chi connectivity index (χ0n) is 7.79. The van der Waals surface area contributed by atoms with E-state index in [2.05, 4.69) is 6.92 Å². The summed E-state index contributed by atoms with van der Waals surface area (Å²) in [6, 6.07) is 0. The molecule has 1 saturated heterocycles. The molecule has 1 fully saturated rings. The number of likely N-dealkylation sites (tertiary alicyclic amines) is 1. The summed E-state index contributed by atoms with van der Waals surface area (Å²) in [6.07, 6.45) is 1.48. The Hall–Kier alpha value is -0.570. The van der Waals surface area contributed by atoms with Gasteiger partial charge in [-0.05, 0) is 12.8 Å². The lowest BCUT2D eigenvalue weighted by atomic mass is 9.92. The molecule has 0 aromatic heterocycles. The first kappa shape index (κ1) is 9.52. The first-order chi connectivity index (χ1) is 5.65. The minimum atomic E-state index is -0.203. The SMILES string of the molecule is CCC1CN(C(C)=O)CCC1O. The summed E-state index contributed by atoms with van der Waals surface area (Å²) in [6.45, 7) is 5.09. The Morgan fingerprint density at radius 3 is 2.83 bits per heavy atom. The van der Waals surface area contributed by atoms with E-state index in [0.29, 0.717) is 6.54 Å². The standard InChI is InChI=1S/C9H17NO2/c1-3-8-6-10(7(2)11)5-4-9(8)12/h8-9,12H,3-6H2,1-2H3. The maximum Gasteiger partial charge on any atom is 0.219 e. The van der Waals surface area contributed by atoms with Crippen molar-refractivity contribution < 1.29 is 9.90 Å². The molecule has 0 radical (unpaired) electrons. The van der Waals surface area contributed by atoms with Gasteiger partial charge in [0.25, 0.3) is 0 Å². The Kier molecular flexibility index (Phi) is 3.09. The molecule has 3 heteroatoms. The number of hydrogen-bond donors (Lipinski definition) is 1. The van der Waals surface area contributed by atoms with Crippen molar-refractivity contribution in [2.45, 2.75) is 32.8 Å². The van der Waals surface area contributed by atoms with Gasteiger partial charge in [0.1, 0.15) is 0 Å². The molecule has 0 spiro atoms. The lowest BCUT2D eigenvalue weighted by Gasteiger charge is -2.35. The highest BCUT2D eigenvalue weighted by molar-refractivity contribution is 5.73. The van der Waals surface area contributed by atoms with E-state index in [1.54, 1.807) is 6.92 Å². The van der Waals surface area contributed by atoms with Gasteiger partial charge in [-0.2, -0.15) is 0 Å². The van der Waals surface area contributed by atoms with E-state index < -0.39 is 0 Å². The highest BCUT2D eigenvalue weighted by Crippen LogP contribution is 2.19. The molecule has 2 unspecified atom stereocenters. The third-order valence-corrected chi connectivity index (χ3v) is 2.66. The van der Waals surface area contributed by atoms with Crippen molar-refractivity contribution in [3.05, 3.63) is 0 Å². The molecule has 0 aliphatic carbocycles. The number of amides is 1. The van der Waals surface area contributed by atoms with Gasteiger partial charge in [0.15, 0.2) is 0 Å². The van der Waals surface area contributed by atoms with Gasteiger partial charge in [0.2, 0.25) is 5.91 Å². The first-order valence-corrected chi connectivity index (χ1v) is 4.58. The van der Waals surface area contributed by atoms with Crippen LogP contribution >= 0.6 is 0 Å². The van der Waals surface area contributed by atoms with Crippen LogP contribution in [0.15, 0.2) is 0 Å². The highest BCUT2D eigenvalue weighted by Gasteiger charge is 2.27. The van der Waals surface area contributed by atoms with Crippen LogP contribution in [0.4, 0.5) is 0 Å². The van der Waals surface area contributed by atoms with Gasteiger partial charge < -0.3 is 10.0 Å². The largest absolute Gasteiger partial charge is 0.393 e. The van der Waals surface area contributed by atoms with Crippen LogP contribution in [0.2, 0.25) is 0 Å². The van der Waals surface area contributed by atoms with E-state index in [0.717, 1.165) is 19.4 Å². The molecule has 0 aromatic rings. The number of aliphatic hydroxyl groups excluding tert-OH is 1. The second-order valence-corrected chi connectivity index (χ2v) is 3.49. The fraction of sp³-hybridized carbons (Fsp3) is 0.889. The molecule has 2 atom stereocenters. The molecule has 1 N–H and O–H groups in total. The van der Waals surface area contributed by atoms with E-state index >= 15 is 0 Å². The number of nitrogens with zero attached hydrogens (tertiary/aromatic N) is 1. The summed E-state index contributed by atoms with van der Waals surface area (Å²) in [7, 11) is 0. The summed E-state index contributed by atoms with van der Waals surface area (Å²) in [4.78, 5) is 12.8. The topological polar surface area (TPSA) is 40.5 Å². The molecular weight excluding hydrogens is 154 g/mol. The first-order valence-electron chi connectivity index (χ1n) is 4.58. The minimum Gasteiger partial charge on any atom is -0.393 e. The van der Waals surface area contributed by atoms with Crippen molar-refractivity contribution in [1.29, 1.82) is 0 Å². The zero-order valence-corrected chi connectivity index (χ0v) is 7.79. The van der Waals surface area contributed by atoms with E-state index in [1.807, 2.05) is 4.90 Å². The molecule has 1 rings (SSSR count). The van der Waals surface area contributed by atoms with Crippen LogP contribution in [-0.2, 0) is 4.79 Å². The maximum atomic E-state index is 11.0. The third kappa shape index (κ3) is 1.97. The molecule has 1 amide bonds. The maximum absolute atomic E-state index is 11.0. The molecule has 3 nitrogen and oxygen atoms in total. The van der Waals surface area contributed by atoms with Crippen molar-refractivity contribution in [2.24, 2.45) is 5.92 Å². The van der Waals surface area contributed by atoms with Gasteiger partial charge in [-0.1, -0.05) is 6.92 Å². The summed E-state index contributed by atoms with van der Waals surface area (Å²) in [5, 5.41) is 9.53. The fourth-order valence-corrected chi connectivity index (χ4v) is 1.71. The number of carbonyl (C=O) groups excluding carboxylic acids is 1. The predicted octanol–water partition coefficient (Wildman–Crippen LogP) is 0.626. The molecule has 70 valence electrons. The number of hydrogen-bond acceptors (Lipinski definition) is 2. The van der Waals surface area contributed by atoms with Crippen LogP contribution in [0.25, 0.3) is 0 Å². The van der Waals surface area contributed by atoms with Crippen LogP contribution < -0.4 is 0 Å². The fourth-order valence-electron chi connectivity index (χ4n) is 1.71. The second-order valence-electron chi connectivity index (χ2n) is 3.49. The Morgan fingerprint density at radius 2 is 2.33 bits per heavy atom. The van der Waals surface area contributed by atoms with Crippen LogP contribution in [0.5, 0.6) is 0 Å². The van der Waals surface area contributed by atoms with Crippen molar-refractivity contribution in [2.75, 3.05) is 13.1 Å². The molecule has 0 aromatic carbocycles. The number of piperidine rings is 1. The smallest absolute Gasteiger partial charge is 0.219 e. The molecular formula is C9H17NO2. The van der Waals surface area contributed by atoms with Gasteiger partial charge in [0, 0.05) is 25.9 Å². The Balaban J connectivity index is 2.49. The molecule has 12 heavy (non-hydrogen) atoms. The average molecular weight is 171 g/mol. The van der Waals surface area contributed by atoms with E-state index in [1.165, 1.54) is 0 Å². The van der Waals surface area contributed by atoms with Crippen molar-refractivity contribution >= 4 is 5.91 Å². The van der Waals surface area contributed by atoms with Gasteiger partial charge in [0.05, 0.1) is 6.10 Å². The molecule has 1 aliphatic rings. The van der Waals surface area contributed by atoms with Crippen molar-refractivity contribution in [3.8, 4) is 0 Å². The number of rotatable bonds is 1. The number of aliphatic hydroxyl groups is 1. The van der Waals surface area contributed by atoms with Gasteiger partial charge in [-0.25, -0.2) is 0 Å². The van der Waals surface area contributed by atoms with Crippen LogP contribution in [0.3, 0.4) is 0 Å². The summed E-state index contributed by atoms with van der Waals surface area (Å²) in [5.41, 5.74) is 0. The minimum absolute atomic E-state index is 0.125. The monoisotopic (exact) mass is 171 g/mol. The van der Waals surface area contributed by atoms with Crippen molar-refractivity contribution in [3.63, 3.8) is 0 Å². The summed E-state index contributed by atoms with van der Waals surface area (Å²) < 4.78 is 0. The Morgan fingerprint density at radius 1 is 1.67 bits per heavy atom. The van der Waals surface area contributed by atoms with E-state index in [9.17, 15) is 9.90 Å². The van der Waals surface area contributed by atoms with Crippen molar-refractivity contribution in [1.82, 2.24) is 4.90 Å². The highest BCUT2D eigenvalue weighted by atomic mass is 16.3. The second kappa shape index (κ2) is 3.90.